The van der Waals surface area contributed by atoms with Crippen LogP contribution >= 0.6 is 23.8 Å². The number of methoxy groups -OCH3 is 1. The molecular formula is C13H14ClN3OS. The second-order valence-corrected chi connectivity index (χ2v) is 5.46. The van der Waals surface area contributed by atoms with E-state index in [-0.39, 0.29) is 0 Å². The zero-order valence-electron chi connectivity index (χ0n) is 10.5. The summed E-state index contributed by atoms with van der Waals surface area (Å²) in [4.78, 5) is 0. The lowest BCUT2D eigenvalue weighted by Gasteiger charge is -2.12. The van der Waals surface area contributed by atoms with E-state index < -0.39 is 0 Å². The lowest BCUT2D eigenvalue weighted by molar-refractivity contribution is 0.408. The van der Waals surface area contributed by atoms with Gasteiger partial charge in [-0.1, -0.05) is 17.7 Å². The summed E-state index contributed by atoms with van der Waals surface area (Å²) in [6.45, 7) is 0.587. The van der Waals surface area contributed by atoms with Gasteiger partial charge in [-0.15, -0.1) is 0 Å². The Morgan fingerprint density at radius 3 is 3.00 bits per heavy atom. The number of benzene rings is 1. The third-order valence-corrected chi connectivity index (χ3v) is 4.01. The smallest absolute Gasteiger partial charge is 0.195 e. The summed E-state index contributed by atoms with van der Waals surface area (Å²) in [5, 5.41) is 7.87. The minimum absolute atomic E-state index is 0.529. The maximum absolute atomic E-state index is 6.27. The Bertz CT molecular complexity index is 660. The maximum atomic E-state index is 6.27. The number of hydrogen-bond acceptors (Lipinski definition) is 3. The molecule has 1 aliphatic rings. The minimum Gasteiger partial charge on any atom is -0.496 e. The number of aromatic amines is 1. The molecule has 1 aromatic carbocycles. The minimum atomic E-state index is 0.529. The van der Waals surface area contributed by atoms with Gasteiger partial charge in [0.25, 0.3) is 0 Å². The highest BCUT2D eigenvalue weighted by molar-refractivity contribution is 7.71. The number of ether oxygens (including phenoxy) is 1. The molecule has 1 N–H and O–H groups in total. The van der Waals surface area contributed by atoms with Gasteiger partial charge in [-0.2, -0.15) is 5.10 Å². The molecule has 2 aromatic rings. The number of hydrogen-bond donors (Lipinski definition) is 1. The van der Waals surface area contributed by atoms with Crippen molar-refractivity contribution < 1.29 is 4.74 Å². The van der Waals surface area contributed by atoms with Crippen molar-refractivity contribution in [1.82, 2.24) is 14.8 Å². The van der Waals surface area contributed by atoms with Crippen LogP contribution in [0.1, 0.15) is 30.1 Å². The van der Waals surface area contributed by atoms with Crippen molar-refractivity contribution in [3.05, 3.63) is 39.4 Å². The van der Waals surface area contributed by atoms with E-state index in [9.17, 15) is 0 Å². The van der Waals surface area contributed by atoms with Crippen LogP contribution in [-0.2, 0) is 6.54 Å². The summed E-state index contributed by atoms with van der Waals surface area (Å²) in [5.74, 6) is 2.32. The Balaban J connectivity index is 2.02. The van der Waals surface area contributed by atoms with Gasteiger partial charge in [-0.05, 0) is 37.2 Å². The van der Waals surface area contributed by atoms with E-state index in [1.165, 1.54) is 12.8 Å². The first-order valence-corrected chi connectivity index (χ1v) is 6.96. The summed E-state index contributed by atoms with van der Waals surface area (Å²) < 4.78 is 8.01. The van der Waals surface area contributed by atoms with Gasteiger partial charge >= 0.3 is 0 Å². The molecule has 100 valence electrons. The van der Waals surface area contributed by atoms with Crippen LogP contribution < -0.4 is 4.74 Å². The predicted octanol–water partition coefficient (Wildman–Crippen LogP) is 3.53. The standard InChI is InChI=1S/C13H14ClN3OS/c1-18-11-4-2-3-10(14)9(11)7-17-12(8-5-6-8)15-16-13(17)19/h2-4,8H,5-7H2,1H3,(H,16,19). The van der Waals surface area contributed by atoms with Crippen LogP contribution in [0.25, 0.3) is 0 Å². The van der Waals surface area contributed by atoms with E-state index >= 15 is 0 Å². The van der Waals surface area contributed by atoms with Gasteiger partial charge in [0.2, 0.25) is 0 Å². The number of nitrogens with one attached hydrogen (secondary N) is 1. The van der Waals surface area contributed by atoms with Crippen LogP contribution in [0.4, 0.5) is 0 Å². The lowest BCUT2D eigenvalue weighted by atomic mass is 10.2. The van der Waals surface area contributed by atoms with Gasteiger partial charge in [-0.25, -0.2) is 0 Å². The first-order valence-electron chi connectivity index (χ1n) is 6.17. The molecule has 0 unspecified atom stereocenters. The monoisotopic (exact) mass is 295 g/mol. The SMILES string of the molecule is COc1cccc(Cl)c1Cn1c(C2CC2)n[nH]c1=S. The number of nitrogens with zero attached hydrogens (tertiary/aromatic N) is 2. The summed E-state index contributed by atoms with van der Waals surface area (Å²) in [5.41, 5.74) is 0.936. The highest BCUT2D eigenvalue weighted by Gasteiger charge is 2.29. The second-order valence-electron chi connectivity index (χ2n) is 4.67. The molecule has 0 spiro atoms. The molecule has 0 saturated heterocycles. The topological polar surface area (TPSA) is 42.8 Å². The van der Waals surface area contributed by atoms with Gasteiger partial charge < -0.3 is 4.74 Å². The molecule has 1 fully saturated rings. The van der Waals surface area contributed by atoms with Crippen molar-refractivity contribution in [2.24, 2.45) is 0 Å². The fraction of sp³-hybridized carbons (Fsp3) is 0.385. The van der Waals surface area contributed by atoms with Gasteiger partial charge in [0.15, 0.2) is 4.77 Å². The first kappa shape index (κ1) is 12.7. The van der Waals surface area contributed by atoms with Crippen molar-refractivity contribution in [2.45, 2.75) is 25.3 Å². The molecule has 0 atom stereocenters. The zero-order valence-corrected chi connectivity index (χ0v) is 12.1. The number of aromatic nitrogens is 3. The Labute approximate surface area is 121 Å². The molecule has 1 aromatic heterocycles. The summed E-state index contributed by atoms with van der Waals surface area (Å²) >= 11 is 11.6. The van der Waals surface area contributed by atoms with Crippen molar-refractivity contribution >= 4 is 23.8 Å². The normalized spacial score (nSPS) is 14.6. The van der Waals surface area contributed by atoms with E-state index in [0.717, 1.165) is 17.1 Å². The molecule has 0 amide bonds. The van der Waals surface area contributed by atoms with Crippen LogP contribution in [0.15, 0.2) is 18.2 Å². The Kier molecular flexibility index (Phi) is 3.33. The van der Waals surface area contributed by atoms with E-state index in [2.05, 4.69) is 10.2 Å². The van der Waals surface area contributed by atoms with Gasteiger partial charge in [-0.3, -0.25) is 9.67 Å². The first-order chi connectivity index (χ1) is 9.20. The molecule has 0 bridgehead atoms. The van der Waals surface area contributed by atoms with Crippen molar-refractivity contribution in [3.63, 3.8) is 0 Å². The van der Waals surface area contributed by atoms with Crippen LogP contribution in [0.2, 0.25) is 5.02 Å². The number of H-pyrrole nitrogens is 1. The van der Waals surface area contributed by atoms with Crippen molar-refractivity contribution in [2.75, 3.05) is 7.11 Å². The fourth-order valence-electron chi connectivity index (χ4n) is 2.18. The fourth-order valence-corrected chi connectivity index (χ4v) is 2.61. The highest BCUT2D eigenvalue weighted by Crippen LogP contribution is 2.39. The largest absolute Gasteiger partial charge is 0.496 e. The third kappa shape index (κ3) is 2.40. The van der Waals surface area contributed by atoms with Crippen molar-refractivity contribution in [3.8, 4) is 5.75 Å². The number of halogens is 1. The molecule has 3 rings (SSSR count). The molecule has 6 heteroatoms. The van der Waals surface area contributed by atoms with Gasteiger partial charge in [0.1, 0.15) is 11.6 Å². The maximum Gasteiger partial charge on any atom is 0.195 e. The van der Waals surface area contributed by atoms with Crippen LogP contribution in [0.5, 0.6) is 5.75 Å². The molecular weight excluding hydrogens is 282 g/mol. The molecule has 0 radical (unpaired) electrons. The van der Waals surface area contributed by atoms with Crippen molar-refractivity contribution in [1.29, 1.82) is 0 Å². The van der Waals surface area contributed by atoms with E-state index in [1.807, 2.05) is 22.8 Å². The molecule has 1 aliphatic carbocycles. The quantitative estimate of drug-likeness (QED) is 0.878. The van der Waals surface area contributed by atoms with Crippen LogP contribution in [0, 0.1) is 4.77 Å². The Morgan fingerprint density at radius 1 is 1.53 bits per heavy atom. The van der Waals surface area contributed by atoms with E-state index in [4.69, 9.17) is 28.6 Å². The van der Waals surface area contributed by atoms with E-state index in [1.54, 1.807) is 7.11 Å². The number of rotatable bonds is 4. The lowest BCUT2D eigenvalue weighted by Crippen LogP contribution is -2.06. The van der Waals surface area contributed by atoms with Crippen LogP contribution in [-0.4, -0.2) is 21.9 Å². The average Bonchev–Trinajstić information content (AvgIpc) is 3.18. The van der Waals surface area contributed by atoms with Gasteiger partial charge in [0.05, 0.1) is 13.7 Å². The molecule has 19 heavy (non-hydrogen) atoms. The molecule has 1 heterocycles. The summed E-state index contributed by atoms with van der Waals surface area (Å²) in [7, 11) is 1.64. The summed E-state index contributed by atoms with van der Waals surface area (Å²) in [6.07, 6.45) is 2.36. The highest BCUT2D eigenvalue weighted by atomic mass is 35.5. The molecule has 1 saturated carbocycles. The van der Waals surface area contributed by atoms with Crippen LogP contribution in [0.3, 0.4) is 0 Å². The average molecular weight is 296 g/mol. The third-order valence-electron chi connectivity index (χ3n) is 3.34. The molecule has 4 nitrogen and oxygen atoms in total. The summed E-state index contributed by atoms with van der Waals surface area (Å²) in [6, 6.07) is 5.64. The van der Waals surface area contributed by atoms with E-state index in [0.29, 0.717) is 22.3 Å². The molecule has 0 aliphatic heterocycles. The predicted molar refractivity (Wildman–Crippen MR) is 76.5 cm³/mol. The Morgan fingerprint density at radius 2 is 2.32 bits per heavy atom. The second kappa shape index (κ2) is 4.98. The van der Waals surface area contributed by atoms with Gasteiger partial charge in [0, 0.05) is 16.5 Å². The Hall–Kier alpha value is -1.33. The zero-order chi connectivity index (χ0) is 13.4.